The molecule has 1 rings (SSSR count). The summed E-state index contributed by atoms with van der Waals surface area (Å²) in [7, 11) is 0. The van der Waals surface area contributed by atoms with Gasteiger partial charge in [-0.15, -0.1) is 0 Å². The van der Waals surface area contributed by atoms with Crippen LogP contribution in [0.3, 0.4) is 0 Å². The summed E-state index contributed by atoms with van der Waals surface area (Å²) in [4.78, 5) is 2.55. The van der Waals surface area contributed by atoms with Gasteiger partial charge in [0, 0.05) is 26.2 Å². The molecule has 3 heteroatoms. The van der Waals surface area contributed by atoms with E-state index in [2.05, 4.69) is 31.4 Å². The van der Waals surface area contributed by atoms with Crippen molar-refractivity contribution in [3.8, 4) is 0 Å². The number of hydrogen-bond acceptors (Lipinski definition) is 3. The molecule has 0 spiro atoms. The molecule has 1 heterocycles. The summed E-state index contributed by atoms with van der Waals surface area (Å²) in [5, 5.41) is 0. The van der Waals surface area contributed by atoms with Crippen LogP contribution in [0.2, 0.25) is 0 Å². The first kappa shape index (κ1) is 13.3. The van der Waals surface area contributed by atoms with Gasteiger partial charge in [0.2, 0.25) is 0 Å². The van der Waals surface area contributed by atoms with Crippen LogP contribution < -0.4 is 0 Å². The number of thiol groups is 1. The lowest BCUT2D eigenvalue weighted by atomic mass is 9.84. The van der Waals surface area contributed by atoms with E-state index in [0.717, 1.165) is 25.5 Å². The van der Waals surface area contributed by atoms with Gasteiger partial charge in [-0.1, -0.05) is 13.8 Å². The Kier molecular flexibility index (Phi) is 6.02. The lowest BCUT2D eigenvalue weighted by molar-refractivity contribution is 0.125. The quantitative estimate of drug-likeness (QED) is 0.730. The van der Waals surface area contributed by atoms with Crippen LogP contribution in [0.1, 0.15) is 33.1 Å². The molecule has 0 unspecified atom stereocenters. The summed E-state index contributed by atoms with van der Waals surface area (Å²) in [6.45, 7) is 9.87. The molecule has 0 amide bonds. The predicted octanol–water partition coefficient (Wildman–Crippen LogP) is 2.44. The highest BCUT2D eigenvalue weighted by atomic mass is 32.1. The minimum atomic E-state index is 0.410. The van der Waals surface area contributed by atoms with Gasteiger partial charge in [-0.05, 0) is 30.4 Å². The van der Waals surface area contributed by atoms with Crippen molar-refractivity contribution in [2.75, 3.05) is 38.6 Å². The highest BCUT2D eigenvalue weighted by molar-refractivity contribution is 7.80. The Morgan fingerprint density at radius 3 is 2.53 bits per heavy atom. The van der Waals surface area contributed by atoms with Gasteiger partial charge in [-0.25, -0.2) is 0 Å². The first-order valence-electron chi connectivity index (χ1n) is 6.17. The Labute approximate surface area is 99.8 Å². The first-order chi connectivity index (χ1) is 7.26. The van der Waals surface area contributed by atoms with Gasteiger partial charge in [0.15, 0.2) is 0 Å². The highest BCUT2D eigenvalue weighted by Gasteiger charge is 2.27. The minimum Gasteiger partial charge on any atom is -0.380 e. The Bertz CT molecular complexity index is 155. The van der Waals surface area contributed by atoms with Gasteiger partial charge in [0.05, 0.1) is 6.61 Å². The van der Waals surface area contributed by atoms with E-state index < -0.39 is 0 Å². The number of hydrogen-bond donors (Lipinski definition) is 1. The van der Waals surface area contributed by atoms with E-state index in [9.17, 15) is 0 Å². The average molecular weight is 231 g/mol. The molecule has 0 N–H and O–H groups in total. The average Bonchev–Trinajstić information content (AvgIpc) is 2.54. The Morgan fingerprint density at radius 1 is 1.20 bits per heavy atom. The first-order valence-corrected chi connectivity index (χ1v) is 6.80. The van der Waals surface area contributed by atoms with Crippen LogP contribution >= 0.6 is 12.6 Å². The van der Waals surface area contributed by atoms with Crippen LogP contribution in [-0.2, 0) is 4.74 Å². The summed E-state index contributed by atoms with van der Waals surface area (Å²) >= 11 is 4.53. The third-order valence-electron chi connectivity index (χ3n) is 3.71. The summed E-state index contributed by atoms with van der Waals surface area (Å²) in [6, 6.07) is 0. The molecule has 1 fully saturated rings. The molecule has 90 valence electrons. The van der Waals surface area contributed by atoms with Crippen molar-refractivity contribution >= 4 is 12.6 Å². The second-order valence-electron chi connectivity index (χ2n) is 4.61. The van der Waals surface area contributed by atoms with Crippen LogP contribution in [0.15, 0.2) is 0 Å². The Balaban J connectivity index is 2.48. The zero-order valence-corrected chi connectivity index (χ0v) is 11.1. The van der Waals surface area contributed by atoms with E-state index in [0.29, 0.717) is 5.41 Å². The Hall–Kier alpha value is 0.270. The molecule has 0 atom stereocenters. The van der Waals surface area contributed by atoms with Crippen molar-refractivity contribution < 1.29 is 4.74 Å². The van der Waals surface area contributed by atoms with Crippen molar-refractivity contribution in [1.82, 2.24) is 4.90 Å². The molecule has 0 saturated carbocycles. The number of rotatable bonds is 5. The van der Waals surface area contributed by atoms with Gasteiger partial charge in [0.1, 0.15) is 0 Å². The van der Waals surface area contributed by atoms with Crippen LogP contribution in [0.25, 0.3) is 0 Å². The maximum absolute atomic E-state index is 5.48. The molecule has 0 aromatic heterocycles. The molecule has 0 radical (unpaired) electrons. The fourth-order valence-electron chi connectivity index (χ4n) is 2.18. The third-order valence-corrected chi connectivity index (χ3v) is 4.38. The van der Waals surface area contributed by atoms with Gasteiger partial charge in [0.25, 0.3) is 0 Å². The number of nitrogens with zero attached hydrogens (tertiary/aromatic N) is 1. The third kappa shape index (κ3) is 3.97. The molecule has 1 saturated heterocycles. The zero-order valence-electron chi connectivity index (χ0n) is 10.2. The topological polar surface area (TPSA) is 12.5 Å². The molecule has 15 heavy (non-hydrogen) atoms. The molecule has 0 bridgehead atoms. The van der Waals surface area contributed by atoms with Gasteiger partial charge in [-0.2, -0.15) is 12.6 Å². The minimum absolute atomic E-state index is 0.410. The largest absolute Gasteiger partial charge is 0.380 e. The van der Waals surface area contributed by atoms with Gasteiger partial charge in [-0.3, -0.25) is 0 Å². The summed E-state index contributed by atoms with van der Waals surface area (Å²) in [5.74, 6) is 0.997. The molecule has 1 aliphatic heterocycles. The van der Waals surface area contributed by atoms with Crippen LogP contribution in [0.5, 0.6) is 0 Å². The smallest absolute Gasteiger partial charge is 0.0593 e. The molecule has 2 nitrogen and oxygen atoms in total. The van der Waals surface area contributed by atoms with Crippen molar-refractivity contribution in [3.05, 3.63) is 0 Å². The van der Waals surface area contributed by atoms with Crippen molar-refractivity contribution in [2.24, 2.45) is 5.41 Å². The van der Waals surface area contributed by atoms with E-state index in [-0.39, 0.29) is 0 Å². The monoisotopic (exact) mass is 231 g/mol. The second-order valence-corrected chi connectivity index (χ2v) is 4.92. The van der Waals surface area contributed by atoms with Crippen LogP contribution in [0.4, 0.5) is 0 Å². The van der Waals surface area contributed by atoms with Crippen molar-refractivity contribution in [3.63, 3.8) is 0 Å². The highest BCUT2D eigenvalue weighted by Crippen LogP contribution is 2.29. The summed E-state index contributed by atoms with van der Waals surface area (Å²) in [6.07, 6.45) is 3.63. The summed E-state index contributed by atoms with van der Waals surface area (Å²) < 4.78 is 5.48. The van der Waals surface area contributed by atoms with E-state index in [1.807, 2.05) is 0 Å². The predicted molar refractivity (Wildman–Crippen MR) is 68.7 cm³/mol. The molecular weight excluding hydrogens is 206 g/mol. The van der Waals surface area contributed by atoms with E-state index in [4.69, 9.17) is 4.74 Å². The maximum Gasteiger partial charge on any atom is 0.0593 e. The summed E-state index contributed by atoms with van der Waals surface area (Å²) in [5.41, 5.74) is 0.410. The Morgan fingerprint density at radius 2 is 1.93 bits per heavy atom. The SMILES string of the molecule is CCC(CC)(CS)CN1CCCOCC1. The van der Waals surface area contributed by atoms with Gasteiger partial charge >= 0.3 is 0 Å². The van der Waals surface area contributed by atoms with Crippen LogP contribution in [-0.4, -0.2) is 43.5 Å². The fourth-order valence-corrected chi connectivity index (χ4v) is 2.72. The standard InChI is InChI=1S/C12H25NOS/c1-3-12(4-2,11-15)10-13-6-5-8-14-9-7-13/h15H,3-11H2,1-2H3. The van der Waals surface area contributed by atoms with Crippen LogP contribution in [0, 0.1) is 5.41 Å². The van der Waals surface area contributed by atoms with E-state index >= 15 is 0 Å². The normalized spacial score (nSPS) is 20.2. The molecule has 0 aliphatic carbocycles. The maximum atomic E-state index is 5.48. The van der Waals surface area contributed by atoms with Gasteiger partial charge < -0.3 is 9.64 Å². The lowest BCUT2D eigenvalue weighted by Gasteiger charge is -2.35. The lowest BCUT2D eigenvalue weighted by Crippen LogP contribution is -2.39. The van der Waals surface area contributed by atoms with E-state index in [1.54, 1.807) is 0 Å². The number of ether oxygens (including phenoxy) is 1. The van der Waals surface area contributed by atoms with E-state index in [1.165, 1.54) is 32.4 Å². The molecule has 1 aliphatic rings. The molecule has 0 aromatic rings. The van der Waals surface area contributed by atoms with Crippen molar-refractivity contribution in [2.45, 2.75) is 33.1 Å². The fraction of sp³-hybridized carbons (Fsp3) is 1.00. The zero-order chi connectivity index (χ0) is 11.1. The second kappa shape index (κ2) is 6.77. The van der Waals surface area contributed by atoms with Crippen molar-refractivity contribution in [1.29, 1.82) is 0 Å². The molecular formula is C12H25NOS. The molecule has 0 aromatic carbocycles.